The highest BCUT2D eigenvalue weighted by Gasteiger charge is 2.28. The monoisotopic (exact) mass is 413 g/mol. The van der Waals surface area contributed by atoms with E-state index in [2.05, 4.69) is 29.6 Å². The summed E-state index contributed by atoms with van der Waals surface area (Å²) in [5, 5.41) is 2.74. The number of nitrogens with one attached hydrogen (secondary N) is 1. The summed E-state index contributed by atoms with van der Waals surface area (Å²) in [6, 6.07) is 21.8. The number of ether oxygens (including phenoxy) is 2. The maximum absolute atomic E-state index is 12.2. The molecule has 5 nitrogen and oxygen atoms in total. The highest BCUT2D eigenvalue weighted by atomic mass is 16.5. The largest absolute Gasteiger partial charge is 0.496 e. The van der Waals surface area contributed by atoms with E-state index in [0.29, 0.717) is 17.9 Å². The highest BCUT2D eigenvalue weighted by molar-refractivity contribution is 5.80. The SMILES string of the molecule is COc1cc(C=CCNC(=O)OCC2c3ccccc3-c3ccccc32)ccc1C=O. The second kappa shape index (κ2) is 9.30. The van der Waals surface area contributed by atoms with Gasteiger partial charge in [-0.3, -0.25) is 4.79 Å². The van der Waals surface area contributed by atoms with Crippen LogP contribution in [0, 0.1) is 0 Å². The lowest BCUT2D eigenvalue weighted by Crippen LogP contribution is -2.26. The molecule has 1 aliphatic rings. The van der Waals surface area contributed by atoms with E-state index in [1.54, 1.807) is 12.1 Å². The van der Waals surface area contributed by atoms with Gasteiger partial charge in [0.1, 0.15) is 12.4 Å². The van der Waals surface area contributed by atoms with Crippen molar-refractivity contribution < 1.29 is 19.1 Å². The molecule has 0 spiro atoms. The van der Waals surface area contributed by atoms with Crippen LogP contribution in [0.25, 0.3) is 17.2 Å². The van der Waals surface area contributed by atoms with Gasteiger partial charge in [0.25, 0.3) is 0 Å². The summed E-state index contributed by atoms with van der Waals surface area (Å²) in [4.78, 5) is 23.2. The van der Waals surface area contributed by atoms with Gasteiger partial charge >= 0.3 is 6.09 Å². The molecule has 0 radical (unpaired) electrons. The molecule has 0 atom stereocenters. The third kappa shape index (κ3) is 4.36. The molecule has 3 aromatic rings. The van der Waals surface area contributed by atoms with Crippen LogP contribution in [0.5, 0.6) is 5.75 Å². The normalized spacial score (nSPS) is 12.3. The summed E-state index contributed by atoms with van der Waals surface area (Å²) in [6.07, 6.45) is 3.96. The van der Waals surface area contributed by atoms with Gasteiger partial charge in [-0.2, -0.15) is 0 Å². The number of benzene rings is 3. The molecule has 3 aromatic carbocycles. The molecule has 0 heterocycles. The quantitative estimate of drug-likeness (QED) is 0.550. The molecule has 0 aromatic heterocycles. The van der Waals surface area contributed by atoms with Gasteiger partial charge in [-0.05, 0) is 39.9 Å². The number of rotatable bonds is 7. The zero-order valence-electron chi connectivity index (χ0n) is 17.2. The number of carbonyl (C=O) groups is 2. The minimum Gasteiger partial charge on any atom is -0.496 e. The molecule has 1 N–H and O–H groups in total. The Kier molecular flexibility index (Phi) is 6.13. The topological polar surface area (TPSA) is 64.6 Å². The van der Waals surface area contributed by atoms with Gasteiger partial charge in [-0.25, -0.2) is 4.79 Å². The Labute approximate surface area is 181 Å². The fourth-order valence-electron chi connectivity index (χ4n) is 3.92. The first-order chi connectivity index (χ1) is 15.2. The summed E-state index contributed by atoms with van der Waals surface area (Å²) in [5.74, 6) is 0.555. The molecule has 0 unspecified atom stereocenters. The highest BCUT2D eigenvalue weighted by Crippen LogP contribution is 2.44. The average molecular weight is 413 g/mol. The van der Waals surface area contributed by atoms with Crippen molar-refractivity contribution in [2.24, 2.45) is 0 Å². The van der Waals surface area contributed by atoms with Gasteiger partial charge in [0.2, 0.25) is 0 Å². The van der Waals surface area contributed by atoms with Gasteiger partial charge in [0.15, 0.2) is 6.29 Å². The third-order valence-electron chi connectivity index (χ3n) is 5.40. The van der Waals surface area contributed by atoms with Crippen LogP contribution in [0.1, 0.15) is 33.0 Å². The van der Waals surface area contributed by atoms with Crippen molar-refractivity contribution >= 4 is 18.5 Å². The number of fused-ring (bicyclic) bond motifs is 3. The van der Waals surface area contributed by atoms with E-state index in [0.717, 1.165) is 11.8 Å². The second-order valence-electron chi connectivity index (χ2n) is 7.23. The first-order valence-electron chi connectivity index (χ1n) is 10.1. The van der Waals surface area contributed by atoms with Crippen LogP contribution in [0.4, 0.5) is 4.79 Å². The maximum atomic E-state index is 12.2. The number of carbonyl (C=O) groups excluding carboxylic acids is 2. The van der Waals surface area contributed by atoms with E-state index in [1.165, 1.54) is 29.4 Å². The predicted molar refractivity (Wildman–Crippen MR) is 120 cm³/mol. The van der Waals surface area contributed by atoms with Crippen LogP contribution in [0.2, 0.25) is 0 Å². The van der Waals surface area contributed by atoms with E-state index in [-0.39, 0.29) is 12.5 Å². The van der Waals surface area contributed by atoms with Crippen molar-refractivity contribution in [3.05, 3.63) is 95.1 Å². The molecule has 0 aliphatic heterocycles. The van der Waals surface area contributed by atoms with Crippen LogP contribution in [-0.2, 0) is 4.74 Å². The number of methoxy groups -OCH3 is 1. The number of hydrogen-bond acceptors (Lipinski definition) is 4. The van der Waals surface area contributed by atoms with Gasteiger partial charge < -0.3 is 14.8 Å². The number of alkyl carbamates (subject to hydrolysis) is 1. The zero-order chi connectivity index (χ0) is 21.6. The van der Waals surface area contributed by atoms with Gasteiger partial charge in [0, 0.05) is 12.5 Å². The Hall–Kier alpha value is -3.86. The minimum absolute atomic E-state index is 0.0393. The molecule has 31 heavy (non-hydrogen) atoms. The summed E-state index contributed by atoms with van der Waals surface area (Å²) >= 11 is 0. The lowest BCUT2D eigenvalue weighted by atomic mass is 9.98. The van der Waals surface area contributed by atoms with Crippen molar-refractivity contribution in [3.8, 4) is 16.9 Å². The Morgan fingerprint density at radius 2 is 1.68 bits per heavy atom. The van der Waals surface area contributed by atoms with Gasteiger partial charge in [-0.15, -0.1) is 0 Å². The third-order valence-corrected chi connectivity index (χ3v) is 5.40. The molecule has 1 aliphatic carbocycles. The first kappa shape index (κ1) is 20.4. The van der Waals surface area contributed by atoms with Crippen LogP contribution in [0.3, 0.4) is 0 Å². The second-order valence-corrected chi connectivity index (χ2v) is 7.23. The number of aldehydes is 1. The standard InChI is InChI=1S/C26H23NO4/c1-30-25-15-18(12-13-19(25)16-28)7-6-14-27-26(29)31-17-24-22-10-4-2-8-20(22)21-9-3-5-11-23(21)24/h2-13,15-16,24H,14,17H2,1H3,(H,27,29). The summed E-state index contributed by atoms with van der Waals surface area (Å²) < 4.78 is 10.7. The summed E-state index contributed by atoms with van der Waals surface area (Å²) in [5.41, 5.74) is 6.14. The zero-order valence-corrected chi connectivity index (χ0v) is 17.2. The average Bonchev–Trinajstić information content (AvgIpc) is 3.14. The fraction of sp³-hybridized carbons (Fsp3) is 0.154. The smallest absolute Gasteiger partial charge is 0.407 e. The lowest BCUT2D eigenvalue weighted by molar-refractivity contribution is 0.112. The van der Waals surface area contributed by atoms with Crippen molar-refractivity contribution in [1.29, 1.82) is 0 Å². The number of hydrogen-bond donors (Lipinski definition) is 1. The molecule has 1 amide bonds. The Morgan fingerprint density at radius 3 is 2.32 bits per heavy atom. The van der Waals surface area contributed by atoms with Gasteiger partial charge in [0.05, 0.1) is 12.7 Å². The van der Waals surface area contributed by atoms with Crippen LogP contribution >= 0.6 is 0 Å². The van der Waals surface area contributed by atoms with E-state index in [4.69, 9.17) is 9.47 Å². The van der Waals surface area contributed by atoms with E-state index in [1.807, 2.05) is 42.5 Å². The molecule has 156 valence electrons. The van der Waals surface area contributed by atoms with Crippen LogP contribution < -0.4 is 10.1 Å². The fourth-order valence-corrected chi connectivity index (χ4v) is 3.92. The predicted octanol–water partition coefficient (Wildman–Crippen LogP) is 5.06. The van der Waals surface area contributed by atoms with Crippen molar-refractivity contribution in [1.82, 2.24) is 5.32 Å². The molecule has 5 heteroatoms. The van der Waals surface area contributed by atoms with Crippen LogP contribution in [0.15, 0.2) is 72.8 Å². The van der Waals surface area contributed by atoms with Gasteiger partial charge in [-0.1, -0.05) is 66.7 Å². The first-order valence-corrected chi connectivity index (χ1v) is 10.1. The molecule has 0 fully saturated rings. The summed E-state index contributed by atoms with van der Waals surface area (Å²) in [7, 11) is 1.52. The molecular weight excluding hydrogens is 390 g/mol. The van der Waals surface area contributed by atoms with Crippen molar-refractivity contribution in [2.75, 3.05) is 20.3 Å². The molecular formula is C26H23NO4. The van der Waals surface area contributed by atoms with E-state index >= 15 is 0 Å². The van der Waals surface area contributed by atoms with Crippen LogP contribution in [-0.4, -0.2) is 32.6 Å². The number of amides is 1. The van der Waals surface area contributed by atoms with Crippen molar-refractivity contribution in [2.45, 2.75) is 5.92 Å². The Bertz CT molecular complexity index is 1090. The summed E-state index contributed by atoms with van der Waals surface area (Å²) in [6.45, 7) is 0.613. The Balaban J connectivity index is 1.32. The molecule has 4 rings (SSSR count). The maximum Gasteiger partial charge on any atom is 0.407 e. The molecule has 0 bridgehead atoms. The van der Waals surface area contributed by atoms with Crippen molar-refractivity contribution in [3.63, 3.8) is 0 Å². The van der Waals surface area contributed by atoms with E-state index < -0.39 is 6.09 Å². The lowest BCUT2D eigenvalue weighted by Gasteiger charge is -2.14. The van der Waals surface area contributed by atoms with E-state index in [9.17, 15) is 9.59 Å². The molecule has 0 saturated carbocycles. The Morgan fingerprint density at radius 1 is 1.00 bits per heavy atom. The molecule has 0 saturated heterocycles. The minimum atomic E-state index is -0.458.